The van der Waals surface area contributed by atoms with Gasteiger partial charge in [0, 0.05) is 18.7 Å². The zero-order chi connectivity index (χ0) is 21.8. The summed E-state index contributed by atoms with van der Waals surface area (Å²) in [5.74, 6) is 0.646. The molecule has 0 bridgehead atoms. The number of carbonyl (C=O) groups is 2. The van der Waals surface area contributed by atoms with Gasteiger partial charge in [0.05, 0.1) is 26.2 Å². The zero-order valence-corrected chi connectivity index (χ0v) is 17.9. The highest BCUT2D eigenvalue weighted by Crippen LogP contribution is 2.36. The first-order valence-electron chi connectivity index (χ1n) is 10.7. The number of rotatable bonds is 7. The summed E-state index contributed by atoms with van der Waals surface area (Å²) in [5, 5.41) is 2.89. The number of methoxy groups -OCH3 is 1. The van der Waals surface area contributed by atoms with Gasteiger partial charge < -0.3 is 24.4 Å². The number of anilines is 1. The Morgan fingerprint density at radius 2 is 2.03 bits per heavy atom. The molecule has 2 fully saturated rings. The van der Waals surface area contributed by atoms with E-state index >= 15 is 0 Å². The van der Waals surface area contributed by atoms with Crippen molar-refractivity contribution < 1.29 is 23.8 Å². The Balaban J connectivity index is 1.42. The lowest BCUT2D eigenvalue weighted by Crippen LogP contribution is -2.35. The van der Waals surface area contributed by atoms with Gasteiger partial charge in [-0.15, -0.1) is 0 Å². The van der Waals surface area contributed by atoms with E-state index in [0.717, 1.165) is 29.7 Å². The average Bonchev–Trinajstić information content (AvgIpc) is 3.40. The number of para-hydroxylation sites is 1. The minimum absolute atomic E-state index is 0.0408. The van der Waals surface area contributed by atoms with E-state index in [0.29, 0.717) is 31.1 Å². The van der Waals surface area contributed by atoms with Gasteiger partial charge in [0.1, 0.15) is 0 Å². The maximum atomic E-state index is 13.0. The summed E-state index contributed by atoms with van der Waals surface area (Å²) < 4.78 is 16.9. The number of likely N-dealkylation sites (tertiary alicyclic amines) is 1. The third kappa shape index (κ3) is 4.82. The summed E-state index contributed by atoms with van der Waals surface area (Å²) >= 11 is 0. The molecule has 0 spiro atoms. The van der Waals surface area contributed by atoms with E-state index in [9.17, 15) is 9.59 Å². The Morgan fingerprint density at radius 3 is 2.77 bits per heavy atom. The summed E-state index contributed by atoms with van der Waals surface area (Å²) in [7, 11) is 1.59. The molecule has 0 aliphatic carbocycles. The monoisotopic (exact) mass is 424 g/mol. The van der Waals surface area contributed by atoms with Crippen LogP contribution in [-0.2, 0) is 14.3 Å². The topological polar surface area (TPSA) is 77.1 Å². The van der Waals surface area contributed by atoms with Crippen molar-refractivity contribution in [2.75, 3.05) is 32.1 Å². The molecule has 2 atom stereocenters. The Bertz CT molecular complexity index is 955. The van der Waals surface area contributed by atoms with Gasteiger partial charge in [0.25, 0.3) is 0 Å². The SMILES string of the molecule is COc1ccc([C@@H]2CCN(CC(=O)Nc3ccccc3C)C2=O)cc1O[C@@H]1CCCO1. The summed E-state index contributed by atoms with van der Waals surface area (Å²) in [5.41, 5.74) is 2.61. The number of benzene rings is 2. The summed E-state index contributed by atoms with van der Waals surface area (Å²) in [6.45, 7) is 3.21. The smallest absolute Gasteiger partial charge is 0.244 e. The lowest BCUT2D eigenvalue weighted by atomic mass is 9.97. The number of carbonyl (C=O) groups excluding carboxylic acids is 2. The van der Waals surface area contributed by atoms with E-state index in [1.165, 1.54) is 0 Å². The van der Waals surface area contributed by atoms with E-state index in [4.69, 9.17) is 14.2 Å². The number of nitrogens with zero attached hydrogens (tertiary/aromatic N) is 1. The van der Waals surface area contributed by atoms with E-state index in [1.807, 2.05) is 49.4 Å². The van der Waals surface area contributed by atoms with Crippen molar-refractivity contribution >= 4 is 17.5 Å². The molecule has 2 heterocycles. The maximum Gasteiger partial charge on any atom is 0.244 e. The van der Waals surface area contributed by atoms with Crippen LogP contribution in [0.25, 0.3) is 0 Å². The molecule has 31 heavy (non-hydrogen) atoms. The molecule has 2 saturated heterocycles. The van der Waals surface area contributed by atoms with Crippen molar-refractivity contribution in [3.05, 3.63) is 53.6 Å². The molecule has 2 aliphatic rings. The van der Waals surface area contributed by atoms with Crippen LogP contribution in [0.5, 0.6) is 11.5 Å². The first-order chi connectivity index (χ1) is 15.0. The second kappa shape index (κ2) is 9.39. The highest BCUT2D eigenvalue weighted by Gasteiger charge is 2.34. The van der Waals surface area contributed by atoms with Crippen LogP contribution in [0.15, 0.2) is 42.5 Å². The summed E-state index contributed by atoms with van der Waals surface area (Å²) in [6, 6.07) is 13.2. The Kier molecular flexibility index (Phi) is 6.42. The van der Waals surface area contributed by atoms with Gasteiger partial charge in [-0.3, -0.25) is 9.59 Å². The van der Waals surface area contributed by atoms with Crippen LogP contribution in [0.3, 0.4) is 0 Å². The second-order valence-corrected chi connectivity index (χ2v) is 7.93. The molecule has 7 heteroatoms. The Labute approximate surface area is 182 Å². The summed E-state index contributed by atoms with van der Waals surface area (Å²) in [6.07, 6.45) is 2.17. The van der Waals surface area contributed by atoms with Crippen molar-refractivity contribution in [2.45, 2.75) is 38.4 Å². The minimum atomic E-state index is -0.302. The van der Waals surface area contributed by atoms with Crippen molar-refractivity contribution in [3.8, 4) is 11.5 Å². The number of nitrogens with one attached hydrogen (secondary N) is 1. The quantitative estimate of drug-likeness (QED) is 0.737. The van der Waals surface area contributed by atoms with E-state index in [-0.39, 0.29) is 30.6 Å². The molecule has 0 radical (unpaired) electrons. The van der Waals surface area contributed by atoms with Crippen LogP contribution in [0.1, 0.15) is 36.3 Å². The van der Waals surface area contributed by atoms with Crippen molar-refractivity contribution in [2.24, 2.45) is 0 Å². The lowest BCUT2D eigenvalue weighted by Gasteiger charge is -2.19. The van der Waals surface area contributed by atoms with Gasteiger partial charge >= 0.3 is 0 Å². The van der Waals surface area contributed by atoms with E-state index in [2.05, 4.69) is 5.32 Å². The standard InChI is InChI=1S/C24H28N2O5/c1-16-6-3-4-7-19(16)25-22(27)15-26-12-11-18(24(26)28)17-9-10-20(29-2)21(14-17)31-23-8-5-13-30-23/h3-4,6-7,9-10,14,18,23H,5,8,11-13,15H2,1-2H3,(H,25,27)/t18-,23+/m0/s1. The van der Waals surface area contributed by atoms with Gasteiger partial charge in [-0.05, 0) is 49.1 Å². The van der Waals surface area contributed by atoms with Crippen molar-refractivity contribution in [1.29, 1.82) is 0 Å². The maximum absolute atomic E-state index is 13.0. The number of amides is 2. The fourth-order valence-corrected chi connectivity index (χ4v) is 4.07. The fraction of sp³-hybridized carbons (Fsp3) is 0.417. The highest BCUT2D eigenvalue weighted by molar-refractivity contribution is 5.96. The molecule has 2 amide bonds. The van der Waals surface area contributed by atoms with Crippen LogP contribution in [0.2, 0.25) is 0 Å². The molecule has 7 nitrogen and oxygen atoms in total. The molecule has 0 aromatic heterocycles. The molecule has 164 valence electrons. The lowest BCUT2D eigenvalue weighted by molar-refractivity contribution is -0.132. The number of hydrogen-bond acceptors (Lipinski definition) is 5. The first kappa shape index (κ1) is 21.2. The van der Waals surface area contributed by atoms with E-state index in [1.54, 1.807) is 12.0 Å². The molecule has 0 unspecified atom stereocenters. The number of aryl methyl sites for hydroxylation is 1. The van der Waals surface area contributed by atoms with Gasteiger partial charge in [-0.2, -0.15) is 0 Å². The zero-order valence-electron chi connectivity index (χ0n) is 17.9. The molecular weight excluding hydrogens is 396 g/mol. The minimum Gasteiger partial charge on any atom is -0.493 e. The van der Waals surface area contributed by atoms with Crippen molar-refractivity contribution in [3.63, 3.8) is 0 Å². The van der Waals surface area contributed by atoms with Gasteiger partial charge in [0.15, 0.2) is 17.8 Å². The molecule has 2 aliphatic heterocycles. The van der Waals surface area contributed by atoms with Crippen molar-refractivity contribution in [1.82, 2.24) is 4.90 Å². The highest BCUT2D eigenvalue weighted by atomic mass is 16.7. The van der Waals surface area contributed by atoms with Gasteiger partial charge in [-0.25, -0.2) is 0 Å². The number of ether oxygens (including phenoxy) is 3. The predicted octanol–water partition coefficient (Wildman–Crippen LogP) is 3.47. The second-order valence-electron chi connectivity index (χ2n) is 7.93. The molecular formula is C24H28N2O5. The average molecular weight is 424 g/mol. The Hall–Kier alpha value is -3.06. The van der Waals surface area contributed by atoms with Gasteiger partial charge in [-0.1, -0.05) is 24.3 Å². The predicted molar refractivity (Wildman–Crippen MR) is 116 cm³/mol. The normalized spacial score (nSPS) is 20.7. The third-order valence-corrected chi connectivity index (χ3v) is 5.79. The van der Waals surface area contributed by atoms with Crippen LogP contribution in [-0.4, -0.2) is 49.8 Å². The Morgan fingerprint density at radius 1 is 1.19 bits per heavy atom. The summed E-state index contributed by atoms with van der Waals surface area (Å²) in [4.78, 5) is 27.1. The molecule has 1 N–H and O–H groups in total. The molecule has 2 aromatic carbocycles. The van der Waals surface area contributed by atoms with Crippen LogP contribution < -0.4 is 14.8 Å². The first-order valence-corrected chi connectivity index (χ1v) is 10.7. The van der Waals surface area contributed by atoms with Crippen LogP contribution in [0.4, 0.5) is 5.69 Å². The van der Waals surface area contributed by atoms with E-state index < -0.39 is 0 Å². The molecule has 2 aromatic rings. The van der Waals surface area contributed by atoms with Crippen LogP contribution in [0, 0.1) is 6.92 Å². The molecule has 4 rings (SSSR count). The number of hydrogen-bond donors (Lipinski definition) is 1. The van der Waals surface area contributed by atoms with Gasteiger partial charge in [0.2, 0.25) is 11.8 Å². The van der Waals surface area contributed by atoms with Crippen LogP contribution >= 0.6 is 0 Å². The third-order valence-electron chi connectivity index (χ3n) is 5.79. The fourth-order valence-electron chi connectivity index (χ4n) is 4.07. The molecule has 0 saturated carbocycles. The largest absolute Gasteiger partial charge is 0.493 e.